The molecule has 1 atom stereocenters. The van der Waals surface area contributed by atoms with Crippen molar-refractivity contribution in [3.63, 3.8) is 0 Å². The molecule has 32 heavy (non-hydrogen) atoms. The summed E-state index contributed by atoms with van der Waals surface area (Å²) in [6, 6.07) is 19.0. The van der Waals surface area contributed by atoms with E-state index in [2.05, 4.69) is 10.0 Å². The molecule has 3 aromatic carbocycles. The van der Waals surface area contributed by atoms with E-state index in [1.165, 1.54) is 0 Å². The van der Waals surface area contributed by atoms with Gasteiger partial charge >= 0.3 is 0 Å². The summed E-state index contributed by atoms with van der Waals surface area (Å²) in [5, 5.41) is 2.82. The van der Waals surface area contributed by atoms with Crippen LogP contribution >= 0.6 is 0 Å². The van der Waals surface area contributed by atoms with Gasteiger partial charge in [0.05, 0.1) is 16.3 Å². The number of benzene rings is 3. The topological polar surface area (TPSA) is 101 Å². The Labute approximate surface area is 189 Å². The first-order valence-electron chi connectivity index (χ1n) is 10.7. The Kier molecular flexibility index (Phi) is 7.33. The number of carbonyl (C=O) groups is 1. The molecule has 6 nitrogen and oxygen atoms in total. The molecule has 1 unspecified atom stereocenters. The number of amides is 1. The summed E-state index contributed by atoms with van der Waals surface area (Å²) in [7, 11) is -3.62. The molecule has 4 rings (SSSR count). The fourth-order valence-corrected chi connectivity index (χ4v) is 5.08. The van der Waals surface area contributed by atoms with Gasteiger partial charge in [-0.05, 0) is 72.9 Å². The predicted molar refractivity (Wildman–Crippen MR) is 129 cm³/mol. The quantitative estimate of drug-likeness (QED) is 0.484. The number of para-hydroxylation sites is 2. The van der Waals surface area contributed by atoms with Crippen LogP contribution in [0, 0.1) is 6.92 Å². The largest absolute Gasteiger partial charge is 0.397 e. The minimum atomic E-state index is -3.62. The van der Waals surface area contributed by atoms with Crippen LogP contribution in [0.2, 0.25) is 0 Å². The lowest BCUT2D eigenvalue weighted by Gasteiger charge is -2.15. The van der Waals surface area contributed by atoms with Gasteiger partial charge in [0.15, 0.2) is 0 Å². The number of aryl methyl sites for hydroxylation is 2. The average Bonchev–Trinajstić information content (AvgIpc) is 3.18. The monoisotopic (exact) mass is 451 g/mol. The number of hydrogen-bond acceptors (Lipinski definition) is 4. The van der Waals surface area contributed by atoms with Crippen molar-refractivity contribution in [2.75, 3.05) is 11.1 Å². The van der Waals surface area contributed by atoms with Gasteiger partial charge in [-0.25, -0.2) is 13.1 Å². The zero-order valence-electron chi connectivity index (χ0n) is 18.6. The molecule has 0 saturated carbocycles. The van der Waals surface area contributed by atoms with Gasteiger partial charge in [-0.2, -0.15) is 0 Å². The first kappa shape index (κ1) is 23.5. The van der Waals surface area contributed by atoms with Crippen molar-refractivity contribution in [1.29, 1.82) is 0 Å². The number of carbonyl (C=O) groups excluding carboxylic acids is 1. The van der Waals surface area contributed by atoms with E-state index in [1.54, 1.807) is 48.5 Å². The van der Waals surface area contributed by atoms with Crippen LogP contribution in [-0.4, -0.2) is 14.3 Å². The van der Waals surface area contributed by atoms with Crippen molar-refractivity contribution >= 4 is 27.3 Å². The molecule has 1 amide bonds. The Bertz CT molecular complexity index is 1220. The van der Waals surface area contributed by atoms with Crippen LogP contribution in [0.3, 0.4) is 0 Å². The molecule has 0 saturated heterocycles. The van der Waals surface area contributed by atoms with E-state index in [1.807, 2.05) is 39.0 Å². The van der Waals surface area contributed by atoms with Gasteiger partial charge in [-0.15, -0.1) is 0 Å². The highest BCUT2D eigenvalue weighted by atomic mass is 32.2. The lowest BCUT2D eigenvalue weighted by Crippen LogP contribution is -2.27. The third-order valence-electron chi connectivity index (χ3n) is 5.29. The van der Waals surface area contributed by atoms with E-state index >= 15 is 0 Å². The first-order chi connectivity index (χ1) is 15.3. The summed E-state index contributed by atoms with van der Waals surface area (Å²) in [6.07, 6.45) is 1.35. The fourth-order valence-electron chi connectivity index (χ4n) is 3.72. The minimum Gasteiger partial charge on any atom is -0.397 e. The molecular formula is C25H29N3O3S. The Morgan fingerprint density at radius 2 is 1.75 bits per heavy atom. The maximum Gasteiger partial charge on any atom is 0.255 e. The third kappa shape index (κ3) is 5.18. The Hall–Kier alpha value is -3.16. The van der Waals surface area contributed by atoms with E-state index in [4.69, 9.17) is 5.73 Å². The lowest BCUT2D eigenvalue weighted by molar-refractivity contribution is 0.102. The number of nitrogen functional groups attached to an aromatic ring is 1. The van der Waals surface area contributed by atoms with Crippen molar-refractivity contribution in [2.45, 2.75) is 44.6 Å². The highest BCUT2D eigenvalue weighted by Crippen LogP contribution is 2.33. The summed E-state index contributed by atoms with van der Waals surface area (Å²) in [6.45, 7) is 5.86. The summed E-state index contributed by atoms with van der Waals surface area (Å²) in [5.74, 6) is -0.250. The molecule has 7 heteroatoms. The molecular weight excluding hydrogens is 422 g/mol. The summed E-state index contributed by atoms with van der Waals surface area (Å²) >= 11 is 0. The third-order valence-corrected chi connectivity index (χ3v) is 6.76. The SMILES string of the molecule is CC.Cc1cccc(S(=O)(=O)NC2CCc3cc(C(=O)Nc4ccccc4N)ccc32)c1. The van der Waals surface area contributed by atoms with Crippen molar-refractivity contribution < 1.29 is 13.2 Å². The molecule has 4 N–H and O–H groups in total. The van der Waals surface area contributed by atoms with E-state index < -0.39 is 10.0 Å². The van der Waals surface area contributed by atoms with Crippen LogP contribution in [-0.2, 0) is 16.4 Å². The minimum absolute atomic E-state index is 0.250. The second kappa shape index (κ2) is 9.97. The predicted octanol–water partition coefficient (Wildman–Crippen LogP) is 4.82. The molecule has 0 heterocycles. The standard InChI is InChI=1S/C23H23N3O3S.C2H6/c1-15-5-4-6-18(13-15)30(28,29)26-21-12-10-16-14-17(9-11-19(16)21)23(27)25-22-8-3-2-7-20(22)24;1-2/h2-9,11,13-14,21,26H,10,12,24H2,1H3,(H,25,27);1-2H3. The van der Waals surface area contributed by atoms with Gasteiger partial charge in [0.2, 0.25) is 10.0 Å². The molecule has 0 fully saturated rings. The van der Waals surface area contributed by atoms with Crippen LogP contribution in [0.5, 0.6) is 0 Å². The van der Waals surface area contributed by atoms with Gasteiger partial charge in [-0.3, -0.25) is 4.79 Å². The number of fused-ring (bicyclic) bond motifs is 1. The molecule has 0 aliphatic heterocycles. The second-order valence-electron chi connectivity index (χ2n) is 7.48. The van der Waals surface area contributed by atoms with Crippen LogP contribution in [0.15, 0.2) is 71.6 Å². The molecule has 1 aliphatic carbocycles. The molecule has 0 radical (unpaired) electrons. The number of nitrogens with one attached hydrogen (secondary N) is 2. The van der Waals surface area contributed by atoms with Gasteiger partial charge in [-0.1, -0.05) is 44.2 Å². The van der Waals surface area contributed by atoms with E-state index in [-0.39, 0.29) is 16.8 Å². The number of sulfonamides is 1. The van der Waals surface area contributed by atoms with Crippen molar-refractivity contribution in [2.24, 2.45) is 0 Å². The summed E-state index contributed by atoms with van der Waals surface area (Å²) in [5.41, 5.74) is 10.2. The number of nitrogens with two attached hydrogens (primary N) is 1. The van der Waals surface area contributed by atoms with E-state index in [0.29, 0.717) is 29.8 Å². The van der Waals surface area contributed by atoms with Gasteiger partial charge < -0.3 is 11.1 Å². The zero-order chi connectivity index (χ0) is 23.3. The molecule has 0 aromatic heterocycles. The van der Waals surface area contributed by atoms with Crippen LogP contribution in [0.1, 0.15) is 53.4 Å². The molecule has 0 spiro atoms. The van der Waals surface area contributed by atoms with Gasteiger partial charge in [0.1, 0.15) is 0 Å². The number of anilines is 2. The van der Waals surface area contributed by atoms with Crippen molar-refractivity contribution in [3.05, 3.63) is 89.0 Å². The highest BCUT2D eigenvalue weighted by molar-refractivity contribution is 7.89. The zero-order valence-corrected chi connectivity index (χ0v) is 19.4. The van der Waals surface area contributed by atoms with Crippen molar-refractivity contribution in [1.82, 2.24) is 4.72 Å². The number of hydrogen-bond donors (Lipinski definition) is 3. The van der Waals surface area contributed by atoms with E-state index in [0.717, 1.165) is 16.7 Å². The highest BCUT2D eigenvalue weighted by Gasteiger charge is 2.28. The van der Waals surface area contributed by atoms with Crippen LogP contribution < -0.4 is 15.8 Å². The van der Waals surface area contributed by atoms with Gasteiger partial charge in [0.25, 0.3) is 5.91 Å². The lowest BCUT2D eigenvalue weighted by atomic mass is 10.0. The fraction of sp³-hybridized carbons (Fsp3) is 0.240. The molecule has 1 aliphatic rings. The van der Waals surface area contributed by atoms with Gasteiger partial charge in [0, 0.05) is 11.6 Å². The maximum atomic E-state index is 12.8. The Balaban J connectivity index is 0.00000141. The molecule has 0 bridgehead atoms. The van der Waals surface area contributed by atoms with Crippen LogP contribution in [0.25, 0.3) is 0 Å². The number of rotatable bonds is 5. The average molecular weight is 452 g/mol. The second-order valence-corrected chi connectivity index (χ2v) is 9.20. The normalized spacial score (nSPS) is 14.8. The molecule has 3 aromatic rings. The van der Waals surface area contributed by atoms with Crippen molar-refractivity contribution in [3.8, 4) is 0 Å². The summed E-state index contributed by atoms with van der Waals surface area (Å²) < 4.78 is 28.4. The first-order valence-corrected chi connectivity index (χ1v) is 12.2. The summed E-state index contributed by atoms with van der Waals surface area (Å²) in [4.78, 5) is 12.9. The van der Waals surface area contributed by atoms with Crippen LogP contribution in [0.4, 0.5) is 11.4 Å². The molecule has 168 valence electrons. The Morgan fingerprint density at radius 1 is 1.00 bits per heavy atom. The smallest absolute Gasteiger partial charge is 0.255 e. The van der Waals surface area contributed by atoms with E-state index in [9.17, 15) is 13.2 Å². The Morgan fingerprint density at radius 3 is 2.47 bits per heavy atom. The maximum absolute atomic E-state index is 12.8.